The molecule has 0 radical (unpaired) electrons. The summed E-state index contributed by atoms with van der Waals surface area (Å²) in [6, 6.07) is 1.84. The standard InChI is InChI=1S/C11H19N5O4S/c1-8(11(17)14-6-7-20-2)16-21(18,19)9-4-3-5-13-10(9)15-12/h3-5,8,16H,6-7,12H2,1-2H3,(H,13,15)(H,14,17). The Bertz CT molecular complexity index is 578. The number of carbonyl (C=O) groups excluding carboxylic acids is 1. The fourth-order valence-corrected chi connectivity index (χ4v) is 2.82. The van der Waals surface area contributed by atoms with Gasteiger partial charge in [-0.05, 0) is 19.1 Å². The predicted molar refractivity (Wildman–Crippen MR) is 76.7 cm³/mol. The summed E-state index contributed by atoms with van der Waals surface area (Å²) in [5.41, 5.74) is 2.20. The number of methoxy groups -OCH3 is 1. The summed E-state index contributed by atoms with van der Waals surface area (Å²) in [5, 5.41) is 2.54. The molecule has 0 fully saturated rings. The number of hydrogen-bond acceptors (Lipinski definition) is 7. The SMILES string of the molecule is COCCNC(=O)C(C)NS(=O)(=O)c1cccnc1NN. The number of aromatic nitrogens is 1. The van der Waals surface area contributed by atoms with Crippen molar-refractivity contribution < 1.29 is 17.9 Å². The summed E-state index contributed by atoms with van der Waals surface area (Å²) in [5.74, 6) is 4.76. The number of nitrogens with zero attached hydrogens (tertiary/aromatic N) is 1. The highest BCUT2D eigenvalue weighted by atomic mass is 32.2. The van der Waals surface area contributed by atoms with Crippen LogP contribution in [0.15, 0.2) is 23.2 Å². The zero-order valence-electron chi connectivity index (χ0n) is 11.8. The number of ether oxygens (including phenoxy) is 1. The number of hydrazine groups is 1. The minimum absolute atomic E-state index is 0.00279. The number of pyridine rings is 1. The summed E-state index contributed by atoms with van der Waals surface area (Å²) in [6.45, 7) is 2.07. The average molecular weight is 317 g/mol. The van der Waals surface area contributed by atoms with Crippen molar-refractivity contribution in [3.05, 3.63) is 18.3 Å². The molecule has 118 valence electrons. The Labute approximate surface area is 123 Å². The Morgan fingerprint density at radius 1 is 1.52 bits per heavy atom. The summed E-state index contributed by atoms with van der Waals surface area (Å²) < 4.78 is 31.5. The summed E-state index contributed by atoms with van der Waals surface area (Å²) in [6.07, 6.45) is 1.40. The van der Waals surface area contributed by atoms with Crippen LogP contribution >= 0.6 is 0 Å². The van der Waals surface area contributed by atoms with E-state index in [-0.39, 0.29) is 10.7 Å². The van der Waals surface area contributed by atoms with Crippen LogP contribution in [0.1, 0.15) is 6.92 Å². The van der Waals surface area contributed by atoms with Gasteiger partial charge in [0.05, 0.1) is 12.6 Å². The van der Waals surface area contributed by atoms with E-state index in [1.165, 1.54) is 32.4 Å². The number of anilines is 1. The van der Waals surface area contributed by atoms with Crippen LogP contribution in [0.2, 0.25) is 0 Å². The molecule has 1 amide bonds. The Hall–Kier alpha value is -1.75. The van der Waals surface area contributed by atoms with E-state index in [0.29, 0.717) is 13.2 Å². The van der Waals surface area contributed by atoms with Gasteiger partial charge in [0.15, 0.2) is 5.82 Å². The highest BCUT2D eigenvalue weighted by Gasteiger charge is 2.24. The molecule has 0 aromatic carbocycles. The molecule has 0 saturated carbocycles. The molecule has 1 aromatic rings. The van der Waals surface area contributed by atoms with Crippen LogP contribution in [-0.2, 0) is 19.6 Å². The number of carbonyl (C=O) groups is 1. The van der Waals surface area contributed by atoms with Gasteiger partial charge in [0.1, 0.15) is 4.90 Å². The molecule has 1 unspecified atom stereocenters. The number of nitrogens with two attached hydrogens (primary N) is 1. The minimum Gasteiger partial charge on any atom is -0.383 e. The summed E-state index contributed by atoms with van der Waals surface area (Å²) in [7, 11) is -2.42. The Morgan fingerprint density at radius 2 is 2.24 bits per heavy atom. The molecule has 0 saturated heterocycles. The van der Waals surface area contributed by atoms with Crippen LogP contribution in [0.5, 0.6) is 0 Å². The lowest BCUT2D eigenvalue weighted by Crippen LogP contribution is -2.45. The summed E-state index contributed by atoms with van der Waals surface area (Å²) in [4.78, 5) is 15.4. The molecule has 1 atom stereocenters. The van der Waals surface area contributed by atoms with Gasteiger partial charge in [0.2, 0.25) is 15.9 Å². The van der Waals surface area contributed by atoms with Crippen molar-refractivity contribution in [2.24, 2.45) is 5.84 Å². The minimum atomic E-state index is -3.92. The smallest absolute Gasteiger partial charge is 0.245 e. The van der Waals surface area contributed by atoms with Crippen LogP contribution in [0.25, 0.3) is 0 Å². The first-order valence-corrected chi connectivity index (χ1v) is 7.61. The molecule has 21 heavy (non-hydrogen) atoms. The maximum atomic E-state index is 12.2. The van der Waals surface area contributed by atoms with Crippen LogP contribution in [0.4, 0.5) is 5.82 Å². The van der Waals surface area contributed by atoms with Gasteiger partial charge in [0, 0.05) is 19.9 Å². The van der Waals surface area contributed by atoms with E-state index in [2.05, 4.69) is 20.4 Å². The lowest BCUT2D eigenvalue weighted by molar-refractivity contribution is -0.122. The van der Waals surface area contributed by atoms with Crippen LogP contribution < -0.4 is 21.3 Å². The molecule has 0 aliphatic heterocycles. The third kappa shape index (κ3) is 4.93. The first kappa shape index (κ1) is 17.3. The van der Waals surface area contributed by atoms with Crippen molar-refractivity contribution in [1.29, 1.82) is 0 Å². The van der Waals surface area contributed by atoms with Gasteiger partial charge >= 0.3 is 0 Å². The van der Waals surface area contributed by atoms with Crippen LogP contribution in [-0.4, -0.2) is 45.6 Å². The first-order valence-electron chi connectivity index (χ1n) is 6.13. The normalized spacial score (nSPS) is 12.7. The number of sulfonamides is 1. The van der Waals surface area contributed by atoms with Crippen molar-refractivity contribution in [3.8, 4) is 0 Å². The van der Waals surface area contributed by atoms with E-state index in [1.807, 2.05) is 0 Å². The Morgan fingerprint density at radius 3 is 2.86 bits per heavy atom. The van der Waals surface area contributed by atoms with Gasteiger partial charge in [-0.3, -0.25) is 4.79 Å². The zero-order valence-corrected chi connectivity index (χ0v) is 12.6. The predicted octanol–water partition coefficient (Wildman–Crippen LogP) is -1.20. The number of nitrogens with one attached hydrogen (secondary N) is 3. The summed E-state index contributed by atoms with van der Waals surface area (Å²) >= 11 is 0. The van der Waals surface area contributed by atoms with Crippen molar-refractivity contribution in [1.82, 2.24) is 15.0 Å². The van der Waals surface area contributed by atoms with Gasteiger partial charge in [0.25, 0.3) is 0 Å². The maximum Gasteiger partial charge on any atom is 0.245 e. The van der Waals surface area contributed by atoms with E-state index < -0.39 is 22.0 Å². The maximum absolute atomic E-state index is 12.2. The fraction of sp³-hybridized carbons (Fsp3) is 0.455. The first-order chi connectivity index (χ1) is 9.92. The number of nitrogen functional groups attached to an aromatic ring is 1. The lowest BCUT2D eigenvalue weighted by Gasteiger charge is -2.15. The highest BCUT2D eigenvalue weighted by molar-refractivity contribution is 7.89. The Balaban J connectivity index is 2.78. The zero-order chi connectivity index (χ0) is 15.9. The molecule has 9 nitrogen and oxygen atoms in total. The van der Waals surface area contributed by atoms with Crippen molar-refractivity contribution in [3.63, 3.8) is 0 Å². The van der Waals surface area contributed by atoms with E-state index in [0.717, 1.165) is 0 Å². The van der Waals surface area contributed by atoms with Gasteiger partial charge in [-0.25, -0.2) is 19.2 Å². The largest absolute Gasteiger partial charge is 0.383 e. The molecule has 5 N–H and O–H groups in total. The Kier molecular flexibility index (Phi) is 6.49. The van der Waals surface area contributed by atoms with E-state index in [4.69, 9.17) is 10.6 Å². The van der Waals surface area contributed by atoms with Crippen LogP contribution in [0, 0.1) is 0 Å². The van der Waals surface area contributed by atoms with Crippen molar-refractivity contribution >= 4 is 21.7 Å². The number of amides is 1. The average Bonchev–Trinajstić information content (AvgIpc) is 2.46. The molecular weight excluding hydrogens is 298 g/mol. The highest BCUT2D eigenvalue weighted by Crippen LogP contribution is 2.16. The van der Waals surface area contributed by atoms with Crippen molar-refractivity contribution in [2.45, 2.75) is 17.9 Å². The lowest BCUT2D eigenvalue weighted by atomic mass is 10.3. The van der Waals surface area contributed by atoms with Gasteiger partial charge in [-0.1, -0.05) is 0 Å². The van der Waals surface area contributed by atoms with Crippen LogP contribution in [0.3, 0.4) is 0 Å². The monoisotopic (exact) mass is 317 g/mol. The van der Waals surface area contributed by atoms with Crippen molar-refractivity contribution in [2.75, 3.05) is 25.7 Å². The number of hydrogen-bond donors (Lipinski definition) is 4. The second-order valence-corrected chi connectivity index (χ2v) is 5.80. The molecule has 1 heterocycles. The van der Waals surface area contributed by atoms with E-state index >= 15 is 0 Å². The third-order valence-corrected chi connectivity index (χ3v) is 4.10. The number of rotatable bonds is 8. The second-order valence-electron chi connectivity index (χ2n) is 4.12. The second kappa shape index (κ2) is 7.88. The molecule has 10 heteroatoms. The molecular formula is C11H19N5O4S. The molecule has 1 rings (SSSR count). The quantitative estimate of drug-likeness (QED) is 0.268. The molecule has 0 spiro atoms. The molecule has 0 aliphatic rings. The fourth-order valence-electron chi connectivity index (χ4n) is 1.49. The molecule has 0 aliphatic carbocycles. The van der Waals surface area contributed by atoms with Gasteiger partial charge < -0.3 is 15.5 Å². The van der Waals surface area contributed by atoms with E-state index in [9.17, 15) is 13.2 Å². The topological polar surface area (TPSA) is 135 Å². The van der Waals surface area contributed by atoms with Gasteiger partial charge in [-0.2, -0.15) is 4.72 Å². The van der Waals surface area contributed by atoms with E-state index in [1.54, 1.807) is 0 Å². The van der Waals surface area contributed by atoms with Gasteiger partial charge in [-0.15, -0.1) is 0 Å². The molecule has 0 bridgehead atoms. The third-order valence-electron chi connectivity index (χ3n) is 2.53. The molecule has 1 aromatic heterocycles.